The van der Waals surface area contributed by atoms with Gasteiger partial charge in [0.2, 0.25) is 5.91 Å². The van der Waals surface area contributed by atoms with Crippen molar-refractivity contribution in [2.45, 2.75) is 27.2 Å². The summed E-state index contributed by atoms with van der Waals surface area (Å²) in [4.78, 5) is 22.2. The largest absolute Gasteiger partial charge is 0.355 e. The predicted octanol–water partition coefficient (Wildman–Crippen LogP) is 1.50. The summed E-state index contributed by atoms with van der Waals surface area (Å²) in [5.41, 5.74) is -0.435. The molecule has 0 aromatic carbocycles. The molecule has 1 N–H and O–H groups in total. The van der Waals surface area contributed by atoms with E-state index in [1.165, 1.54) is 6.92 Å². The molecule has 0 aliphatic rings. The molecule has 3 nitrogen and oxygen atoms in total. The summed E-state index contributed by atoms with van der Waals surface area (Å²) >= 11 is 3.14. The highest BCUT2D eigenvalue weighted by atomic mass is 79.9. The Kier molecular flexibility index (Phi) is 5.21. The molecule has 0 aliphatic heterocycles. The van der Waals surface area contributed by atoms with Crippen LogP contribution in [0.15, 0.2) is 0 Å². The van der Waals surface area contributed by atoms with E-state index in [2.05, 4.69) is 21.2 Å². The molecule has 0 bridgehead atoms. The number of carbonyl (C=O) groups excluding carboxylic acids is 2. The molecule has 0 aromatic rings. The number of halogens is 1. The molecule has 0 spiro atoms. The van der Waals surface area contributed by atoms with Crippen LogP contribution in [0.1, 0.15) is 27.2 Å². The van der Waals surface area contributed by atoms with Gasteiger partial charge >= 0.3 is 0 Å². The maximum atomic E-state index is 11.5. The average Bonchev–Trinajstić information content (AvgIpc) is 2.12. The Morgan fingerprint density at radius 2 is 2.00 bits per heavy atom. The first-order valence-corrected chi connectivity index (χ1v) is 5.42. The molecule has 0 aromatic heterocycles. The second-order valence-corrected chi connectivity index (χ2v) is 3.94. The van der Waals surface area contributed by atoms with Gasteiger partial charge in [0, 0.05) is 18.9 Å². The molecule has 0 fully saturated rings. The molecule has 0 heterocycles. The quantitative estimate of drug-likeness (QED) is 0.751. The average molecular weight is 250 g/mol. The van der Waals surface area contributed by atoms with Gasteiger partial charge in [0.1, 0.15) is 0 Å². The van der Waals surface area contributed by atoms with Gasteiger partial charge in [-0.25, -0.2) is 0 Å². The third kappa shape index (κ3) is 3.89. The van der Waals surface area contributed by atoms with E-state index in [-0.39, 0.29) is 11.7 Å². The number of hydrogen-bond acceptors (Lipinski definition) is 2. The standard InChI is InChI=1S/C9H16BrNO2/c1-4-9(3,8(13)5-10)6-11-7(2)12/h4-6H2,1-3H3,(H,11,12). The van der Waals surface area contributed by atoms with Gasteiger partial charge in [0.05, 0.1) is 5.33 Å². The van der Waals surface area contributed by atoms with Gasteiger partial charge in [-0.15, -0.1) is 0 Å². The van der Waals surface area contributed by atoms with Gasteiger partial charge in [-0.3, -0.25) is 9.59 Å². The molecular weight excluding hydrogens is 234 g/mol. The predicted molar refractivity (Wildman–Crippen MR) is 55.9 cm³/mol. The van der Waals surface area contributed by atoms with Crippen LogP contribution in [-0.2, 0) is 9.59 Å². The van der Waals surface area contributed by atoms with Crippen molar-refractivity contribution >= 4 is 27.6 Å². The highest BCUT2D eigenvalue weighted by Gasteiger charge is 2.29. The Labute approximate surface area is 87.4 Å². The van der Waals surface area contributed by atoms with Crippen molar-refractivity contribution in [2.24, 2.45) is 5.41 Å². The number of carbonyl (C=O) groups is 2. The summed E-state index contributed by atoms with van der Waals surface area (Å²) in [6, 6.07) is 0. The van der Waals surface area contributed by atoms with Gasteiger partial charge in [-0.1, -0.05) is 29.8 Å². The number of nitrogens with one attached hydrogen (secondary N) is 1. The van der Waals surface area contributed by atoms with Crippen LogP contribution in [0.5, 0.6) is 0 Å². The Bertz CT molecular complexity index is 206. The van der Waals surface area contributed by atoms with E-state index in [0.29, 0.717) is 11.9 Å². The molecule has 13 heavy (non-hydrogen) atoms. The van der Waals surface area contributed by atoms with Crippen LogP contribution in [-0.4, -0.2) is 23.6 Å². The maximum absolute atomic E-state index is 11.5. The van der Waals surface area contributed by atoms with Gasteiger partial charge in [0.25, 0.3) is 0 Å². The van der Waals surface area contributed by atoms with Crippen molar-refractivity contribution in [3.8, 4) is 0 Å². The molecule has 0 saturated carbocycles. The van der Waals surface area contributed by atoms with Crippen molar-refractivity contribution in [3.05, 3.63) is 0 Å². The van der Waals surface area contributed by atoms with E-state index >= 15 is 0 Å². The van der Waals surface area contributed by atoms with E-state index < -0.39 is 5.41 Å². The fraction of sp³-hybridized carbons (Fsp3) is 0.778. The number of amides is 1. The van der Waals surface area contributed by atoms with E-state index in [0.717, 1.165) is 6.42 Å². The fourth-order valence-corrected chi connectivity index (χ4v) is 1.58. The maximum Gasteiger partial charge on any atom is 0.216 e. The monoisotopic (exact) mass is 249 g/mol. The van der Waals surface area contributed by atoms with E-state index in [9.17, 15) is 9.59 Å². The molecule has 0 radical (unpaired) electrons. The zero-order valence-electron chi connectivity index (χ0n) is 8.32. The Hall–Kier alpha value is -0.380. The third-order valence-electron chi connectivity index (χ3n) is 2.30. The molecular formula is C9H16BrNO2. The SMILES string of the molecule is CCC(C)(CNC(C)=O)C(=O)CBr. The first-order chi connectivity index (χ1) is 5.96. The fourth-order valence-electron chi connectivity index (χ4n) is 0.902. The first-order valence-electron chi connectivity index (χ1n) is 4.30. The Morgan fingerprint density at radius 3 is 2.31 bits per heavy atom. The van der Waals surface area contributed by atoms with Crippen LogP contribution >= 0.6 is 15.9 Å². The summed E-state index contributed by atoms with van der Waals surface area (Å²) in [5.74, 6) is 0.0331. The minimum absolute atomic E-state index is 0.0953. The smallest absolute Gasteiger partial charge is 0.216 e. The van der Waals surface area contributed by atoms with Crippen molar-refractivity contribution < 1.29 is 9.59 Å². The summed E-state index contributed by atoms with van der Waals surface area (Å²) < 4.78 is 0. The van der Waals surface area contributed by atoms with E-state index in [4.69, 9.17) is 0 Å². The van der Waals surface area contributed by atoms with Gasteiger partial charge in [-0.05, 0) is 6.42 Å². The van der Waals surface area contributed by atoms with Gasteiger partial charge in [-0.2, -0.15) is 0 Å². The topological polar surface area (TPSA) is 46.2 Å². The van der Waals surface area contributed by atoms with E-state index in [1.54, 1.807) is 0 Å². The number of alkyl halides is 1. The molecule has 0 saturated heterocycles. The van der Waals surface area contributed by atoms with Crippen LogP contribution in [0.25, 0.3) is 0 Å². The molecule has 1 unspecified atom stereocenters. The molecule has 0 rings (SSSR count). The zero-order chi connectivity index (χ0) is 10.5. The van der Waals surface area contributed by atoms with Crippen LogP contribution in [0.3, 0.4) is 0 Å². The highest BCUT2D eigenvalue weighted by Crippen LogP contribution is 2.22. The second kappa shape index (κ2) is 5.37. The first kappa shape index (κ1) is 12.6. The number of hydrogen-bond donors (Lipinski definition) is 1. The summed E-state index contributed by atoms with van der Waals surface area (Å²) in [6.07, 6.45) is 0.734. The lowest BCUT2D eigenvalue weighted by Crippen LogP contribution is -2.40. The minimum Gasteiger partial charge on any atom is -0.355 e. The van der Waals surface area contributed by atoms with Gasteiger partial charge < -0.3 is 5.32 Å². The highest BCUT2D eigenvalue weighted by molar-refractivity contribution is 9.09. The second-order valence-electron chi connectivity index (χ2n) is 3.38. The number of ketones is 1. The van der Waals surface area contributed by atoms with Crippen LogP contribution < -0.4 is 5.32 Å². The summed E-state index contributed by atoms with van der Waals surface area (Å²) in [6.45, 7) is 5.69. The van der Waals surface area contributed by atoms with Crippen molar-refractivity contribution in [3.63, 3.8) is 0 Å². The minimum atomic E-state index is -0.435. The van der Waals surface area contributed by atoms with Crippen LogP contribution in [0, 0.1) is 5.41 Å². The molecule has 1 atom stereocenters. The van der Waals surface area contributed by atoms with Crippen molar-refractivity contribution in [1.82, 2.24) is 5.32 Å². The molecule has 76 valence electrons. The zero-order valence-corrected chi connectivity index (χ0v) is 9.90. The van der Waals surface area contributed by atoms with Crippen molar-refractivity contribution in [1.29, 1.82) is 0 Å². The molecule has 1 amide bonds. The number of rotatable bonds is 5. The normalized spacial score (nSPS) is 14.8. The third-order valence-corrected chi connectivity index (χ3v) is 2.81. The van der Waals surface area contributed by atoms with E-state index in [1.807, 2.05) is 13.8 Å². The summed E-state index contributed by atoms with van der Waals surface area (Å²) in [5, 5.41) is 3.02. The van der Waals surface area contributed by atoms with Crippen molar-refractivity contribution in [2.75, 3.05) is 11.9 Å². The molecule has 0 aliphatic carbocycles. The lowest BCUT2D eigenvalue weighted by atomic mass is 9.83. The lowest BCUT2D eigenvalue weighted by molar-refractivity contribution is -0.126. The van der Waals surface area contributed by atoms with Crippen LogP contribution in [0.4, 0.5) is 0 Å². The Balaban J connectivity index is 4.27. The molecule has 4 heteroatoms. The lowest BCUT2D eigenvalue weighted by Gasteiger charge is -2.25. The summed E-state index contributed by atoms with van der Waals surface area (Å²) in [7, 11) is 0. The van der Waals surface area contributed by atoms with Gasteiger partial charge in [0.15, 0.2) is 5.78 Å². The Morgan fingerprint density at radius 1 is 1.46 bits per heavy atom. The van der Waals surface area contributed by atoms with Crippen LogP contribution in [0.2, 0.25) is 0 Å². The number of Topliss-reactive ketones (excluding diaryl/α,β-unsaturated/α-hetero) is 1.